The van der Waals surface area contributed by atoms with Crippen molar-refractivity contribution in [3.63, 3.8) is 0 Å². The smallest absolute Gasteiger partial charge is 0.338 e. The average Bonchev–Trinajstić information content (AvgIpc) is 3.02. The molecule has 162 valence electrons. The first-order valence-corrected chi connectivity index (χ1v) is 11.0. The number of nitrogens with one attached hydrogen (secondary N) is 1. The number of ether oxygens (including phenoxy) is 3. The zero-order chi connectivity index (χ0) is 22.3. The predicted molar refractivity (Wildman–Crippen MR) is 109 cm³/mol. The second kappa shape index (κ2) is 10.1. The van der Waals surface area contributed by atoms with Gasteiger partial charge in [0.05, 0.1) is 29.7 Å². The molecule has 0 unspecified atom stereocenters. The van der Waals surface area contributed by atoms with Crippen LogP contribution in [0, 0.1) is 11.3 Å². The van der Waals surface area contributed by atoms with Crippen molar-refractivity contribution in [1.82, 2.24) is 4.72 Å². The van der Waals surface area contributed by atoms with Crippen LogP contribution in [0.3, 0.4) is 0 Å². The normalized spacial score (nSPS) is 13.0. The van der Waals surface area contributed by atoms with Crippen molar-refractivity contribution in [3.8, 4) is 17.6 Å². The number of hydrogen-bond donors (Lipinski definition) is 1. The highest BCUT2D eigenvalue weighted by molar-refractivity contribution is 7.89. The van der Waals surface area contributed by atoms with Crippen LogP contribution in [0.25, 0.3) is 0 Å². The Morgan fingerprint density at radius 1 is 1.03 bits per heavy atom. The molecule has 3 rings (SSSR count). The summed E-state index contributed by atoms with van der Waals surface area (Å²) < 4.78 is 42.6. The van der Waals surface area contributed by atoms with Crippen molar-refractivity contribution in [2.45, 2.75) is 17.7 Å². The summed E-state index contributed by atoms with van der Waals surface area (Å²) in [5, 5.41) is 8.49. The van der Waals surface area contributed by atoms with Gasteiger partial charge in [0.25, 0.3) is 0 Å². The van der Waals surface area contributed by atoms with E-state index in [0.29, 0.717) is 30.3 Å². The number of benzene rings is 2. The lowest BCUT2D eigenvalue weighted by Gasteiger charge is -2.09. The Labute approximate surface area is 179 Å². The molecule has 0 fully saturated rings. The highest BCUT2D eigenvalue weighted by Crippen LogP contribution is 2.30. The van der Waals surface area contributed by atoms with Crippen LogP contribution in [0.4, 0.5) is 0 Å². The van der Waals surface area contributed by atoms with Crippen LogP contribution in [0.2, 0.25) is 0 Å². The Hall–Kier alpha value is -3.42. The van der Waals surface area contributed by atoms with E-state index in [1.165, 1.54) is 24.3 Å². The highest BCUT2D eigenvalue weighted by Gasteiger charge is 2.18. The minimum Gasteiger partial charge on any atom is -0.490 e. The minimum atomic E-state index is -3.78. The number of nitrogens with zero attached hydrogens (tertiary/aromatic N) is 1. The molecule has 1 N–H and O–H groups in total. The number of nitriles is 1. The molecule has 0 bridgehead atoms. The molecule has 0 radical (unpaired) electrons. The van der Waals surface area contributed by atoms with Crippen molar-refractivity contribution in [2.75, 3.05) is 26.4 Å². The van der Waals surface area contributed by atoms with Crippen LogP contribution in [-0.2, 0) is 14.8 Å². The molecule has 1 aliphatic heterocycles. The fourth-order valence-corrected chi connectivity index (χ4v) is 3.76. The first-order valence-electron chi connectivity index (χ1n) is 9.47. The van der Waals surface area contributed by atoms with Crippen molar-refractivity contribution >= 4 is 21.8 Å². The van der Waals surface area contributed by atoms with E-state index >= 15 is 0 Å². The lowest BCUT2D eigenvalue weighted by Crippen LogP contribution is -2.24. The number of hydrogen-bond acceptors (Lipinski definition) is 8. The Morgan fingerprint density at radius 3 is 2.42 bits per heavy atom. The van der Waals surface area contributed by atoms with Crippen LogP contribution < -0.4 is 14.2 Å². The van der Waals surface area contributed by atoms with Gasteiger partial charge in [-0.3, -0.25) is 4.79 Å². The fourth-order valence-electron chi connectivity index (χ4n) is 2.73. The molecular formula is C21H20N2O7S. The number of ketones is 1. The van der Waals surface area contributed by atoms with Crippen LogP contribution in [0.5, 0.6) is 11.5 Å². The third kappa shape index (κ3) is 5.81. The van der Waals surface area contributed by atoms with Crippen molar-refractivity contribution in [1.29, 1.82) is 5.26 Å². The van der Waals surface area contributed by atoms with Gasteiger partial charge in [-0.05, 0) is 42.5 Å². The summed E-state index contributed by atoms with van der Waals surface area (Å²) in [6.45, 7) is 0.534. The highest BCUT2D eigenvalue weighted by atomic mass is 32.2. The van der Waals surface area contributed by atoms with Gasteiger partial charge in [0.2, 0.25) is 10.0 Å². The van der Waals surface area contributed by atoms with Crippen LogP contribution in [0.15, 0.2) is 47.4 Å². The van der Waals surface area contributed by atoms with Crippen LogP contribution in [-0.4, -0.2) is 46.5 Å². The molecule has 31 heavy (non-hydrogen) atoms. The van der Waals surface area contributed by atoms with Crippen LogP contribution >= 0.6 is 0 Å². The Bertz CT molecular complexity index is 1110. The maximum absolute atomic E-state index is 12.4. The van der Waals surface area contributed by atoms with E-state index in [4.69, 9.17) is 19.5 Å². The summed E-state index contributed by atoms with van der Waals surface area (Å²) >= 11 is 0. The summed E-state index contributed by atoms with van der Waals surface area (Å²) in [6, 6.07) is 11.7. The second-order valence-electron chi connectivity index (χ2n) is 6.54. The Kier molecular flexibility index (Phi) is 7.23. The zero-order valence-electron chi connectivity index (χ0n) is 16.5. The number of carbonyl (C=O) groups is 2. The van der Waals surface area contributed by atoms with Gasteiger partial charge >= 0.3 is 5.97 Å². The molecular weight excluding hydrogens is 424 g/mol. The number of Topliss-reactive ketones (excluding diaryl/α,β-unsaturated/α-hetero) is 1. The molecule has 0 aromatic heterocycles. The van der Waals surface area contributed by atoms with Crippen molar-refractivity contribution in [2.24, 2.45) is 0 Å². The van der Waals surface area contributed by atoms with E-state index in [9.17, 15) is 18.0 Å². The summed E-state index contributed by atoms with van der Waals surface area (Å²) in [6.07, 6.45) is 0.784. The number of carbonyl (C=O) groups excluding carboxylic acids is 2. The van der Waals surface area contributed by atoms with Gasteiger partial charge < -0.3 is 14.2 Å². The van der Waals surface area contributed by atoms with Gasteiger partial charge in [0, 0.05) is 24.9 Å². The number of rotatable bonds is 8. The lowest BCUT2D eigenvalue weighted by molar-refractivity contribution is 0.0474. The Balaban J connectivity index is 1.59. The van der Waals surface area contributed by atoms with E-state index in [1.54, 1.807) is 18.2 Å². The SMILES string of the molecule is N#CCCNS(=O)(=O)c1ccc(C(=O)OCC(=O)c2ccc3c(c2)OCCCO3)cc1. The van der Waals surface area contributed by atoms with E-state index in [0.717, 1.165) is 6.42 Å². The average molecular weight is 444 g/mol. The molecule has 2 aromatic carbocycles. The molecule has 0 saturated carbocycles. The minimum absolute atomic E-state index is 0.00933. The largest absolute Gasteiger partial charge is 0.490 e. The van der Waals surface area contributed by atoms with Crippen LogP contribution in [0.1, 0.15) is 33.6 Å². The molecule has 0 saturated heterocycles. The van der Waals surface area contributed by atoms with Gasteiger partial charge in [-0.25, -0.2) is 17.9 Å². The third-order valence-electron chi connectivity index (χ3n) is 4.33. The fraction of sp³-hybridized carbons (Fsp3) is 0.286. The third-order valence-corrected chi connectivity index (χ3v) is 5.81. The van der Waals surface area contributed by atoms with E-state index < -0.39 is 28.4 Å². The number of fused-ring (bicyclic) bond motifs is 1. The van der Waals surface area contributed by atoms with Crippen molar-refractivity contribution in [3.05, 3.63) is 53.6 Å². The molecule has 9 nitrogen and oxygen atoms in total. The van der Waals surface area contributed by atoms with Gasteiger partial charge in [-0.15, -0.1) is 0 Å². The lowest BCUT2D eigenvalue weighted by atomic mass is 10.1. The van der Waals surface area contributed by atoms with E-state index in [2.05, 4.69) is 4.72 Å². The maximum Gasteiger partial charge on any atom is 0.338 e. The molecule has 10 heteroatoms. The zero-order valence-corrected chi connectivity index (χ0v) is 17.3. The Morgan fingerprint density at radius 2 is 1.71 bits per heavy atom. The summed E-state index contributed by atoms with van der Waals surface area (Å²) in [4.78, 5) is 24.5. The topological polar surface area (TPSA) is 132 Å². The summed E-state index contributed by atoms with van der Waals surface area (Å²) in [5.41, 5.74) is 0.421. The quantitative estimate of drug-likeness (QED) is 0.372. The maximum atomic E-state index is 12.4. The second-order valence-corrected chi connectivity index (χ2v) is 8.31. The summed E-state index contributed by atoms with van der Waals surface area (Å²) in [7, 11) is -3.78. The van der Waals surface area contributed by atoms with Gasteiger partial charge in [-0.2, -0.15) is 5.26 Å². The van der Waals surface area contributed by atoms with Gasteiger partial charge in [-0.1, -0.05) is 0 Å². The van der Waals surface area contributed by atoms with E-state index in [-0.39, 0.29) is 23.4 Å². The van der Waals surface area contributed by atoms with Gasteiger partial charge in [0.1, 0.15) is 0 Å². The van der Waals surface area contributed by atoms with E-state index in [1.807, 2.05) is 6.07 Å². The molecule has 0 aliphatic carbocycles. The predicted octanol–water partition coefficient (Wildman–Crippen LogP) is 2.08. The standard InChI is InChI=1S/C21H20N2O7S/c22-9-1-10-23-31(26,27)17-6-3-15(4-7-17)21(25)30-14-18(24)16-5-8-19-20(13-16)29-12-2-11-28-19/h3-8,13,23H,1-2,10-12,14H2. The molecule has 1 heterocycles. The summed E-state index contributed by atoms with van der Waals surface area (Å²) in [5.74, 6) is -0.146. The molecule has 0 spiro atoms. The molecule has 2 aromatic rings. The van der Waals surface area contributed by atoms with Crippen molar-refractivity contribution < 1.29 is 32.2 Å². The number of esters is 1. The van der Waals surface area contributed by atoms with Gasteiger partial charge in [0.15, 0.2) is 23.9 Å². The monoisotopic (exact) mass is 444 g/mol. The first kappa shape index (κ1) is 22.3. The number of sulfonamides is 1. The molecule has 0 atom stereocenters. The first-order chi connectivity index (χ1) is 14.9. The molecule has 1 aliphatic rings. The molecule has 0 amide bonds.